The van der Waals surface area contributed by atoms with E-state index in [-0.39, 0.29) is 6.04 Å². The third-order valence-corrected chi connectivity index (χ3v) is 3.74. The van der Waals surface area contributed by atoms with Crippen LogP contribution in [0.25, 0.3) is 0 Å². The summed E-state index contributed by atoms with van der Waals surface area (Å²) in [6.07, 6.45) is 4.91. The molecule has 2 rings (SSSR count). The molecule has 0 aliphatic carbocycles. The highest BCUT2D eigenvalue weighted by molar-refractivity contribution is 5.20. The first-order valence-corrected chi connectivity index (χ1v) is 7.81. The predicted octanol–water partition coefficient (Wildman–Crippen LogP) is 2.97. The lowest BCUT2D eigenvalue weighted by molar-refractivity contribution is 0.501. The third-order valence-electron chi connectivity index (χ3n) is 3.74. The molecule has 0 bridgehead atoms. The predicted molar refractivity (Wildman–Crippen MR) is 86.3 cm³/mol. The van der Waals surface area contributed by atoms with Crippen molar-refractivity contribution in [2.45, 2.75) is 46.1 Å². The van der Waals surface area contributed by atoms with Gasteiger partial charge in [-0.05, 0) is 50.1 Å². The lowest BCUT2D eigenvalue weighted by Gasteiger charge is -2.18. The second kappa shape index (κ2) is 7.36. The summed E-state index contributed by atoms with van der Waals surface area (Å²) < 4.78 is 2.00. The molecule has 21 heavy (non-hydrogen) atoms. The van der Waals surface area contributed by atoms with E-state index in [0.29, 0.717) is 0 Å². The standard InChI is InChI=1S/C17H26N4/c1-5-8-18-17(16-10-13(3)7-9-19-16)12-15-11-14(6-2)20-21(15)4/h7,9-11,17-18H,5-6,8,12H2,1-4H3. The summed E-state index contributed by atoms with van der Waals surface area (Å²) in [5.41, 5.74) is 4.77. The Bertz CT molecular complexity index is 574. The minimum atomic E-state index is 0.241. The summed E-state index contributed by atoms with van der Waals surface area (Å²) in [7, 11) is 2.02. The molecule has 0 radical (unpaired) electrons. The van der Waals surface area contributed by atoms with Gasteiger partial charge in [0.25, 0.3) is 0 Å². The summed E-state index contributed by atoms with van der Waals surface area (Å²) >= 11 is 0. The van der Waals surface area contributed by atoms with Gasteiger partial charge >= 0.3 is 0 Å². The van der Waals surface area contributed by atoms with Crippen LogP contribution in [0.4, 0.5) is 0 Å². The summed E-state index contributed by atoms with van der Waals surface area (Å²) in [6.45, 7) is 7.44. The molecule has 4 heteroatoms. The van der Waals surface area contributed by atoms with Gasteiger partial charge in [-0.2, -0.15) is 5.10 Å². The van der Waals surface area contributed by atoms with Gasteiger partial charge in [0.2, 0.25) is 0 Å². The SMILES string of the molecule is CCCNC(Cc1cc(CC)nn1C)c1cc(C)ccn1. The molecule has 2 aromatic heterocycles. The second-order valence-electron chi connectivity index (χ2n) is 5.57. The highest BCUT2D eigenvalue weighted by Crippen LogP contribution is 2.18. The fourth-order valence-electron chi connectivity index (χ4n) is 2.49. The number of hydrogen-bond acceptors (Lipinski definition) is 3. The average molecular weight is 286 g/mol. The van der Waals surface area contributed by atoms with Crippen LogP contribution in [-0.2, 0) is 19.9 Å². The Labute approximate surface area is 127 Å². The Kier molecular flexibility index (Phi) is 5.51. The van der Waals surface area contributed by atoms with Gasteiger partial charge in [0.05, 0.1) is 17.4 Å². The van der Waals surface area contributed by atoms with Crippen LogP contribution in [0.2, 0.25) is 0 Å². The van der Waals surface area contributed by atoms with Gasteiger partial charge in [0.1, 0.15) is 0 Å². The molecule has 4 nitrogen and oxygen atoms in total. The molecule has 0 fully saturated rings. The molecule has 0 spiro atoms. The smallest absolute Gasteiger partial charge is 0.0624 e. The van der Waals surface area contributed by atoms with Crippen molar-refractivity contribution in [1.82, 2.24) is 20.1 Å². The molecule has 1 N–H and O–H groups in total. The van der Waals surface area contributed by atoms with Crippen LogP contribution in [0.5, 0.6) is 0 Å². The molecule has 0 saturated heterocycles. The molecule has 114 valence electrons. The van der Waals surface area contributed by atoms with Crippen molar-refractivity contribution < 1.29 is 0 Å². The number of hydrogen-bond donors (Lipinski definition) is 1. The van der Waals surface area contributed by atoms with Crippen LogP contribution in [0.15, 0.2) is 24.4 Å². The molecule has 0 aliphatic heterocycles. The Hall–Kier alpha value is -1.68. The summed E-state index contributed by atoms with van der Waals surface area (Å²) in [4.78, 5) is 4.55. The Balaban J connectivity index is 2.21. The van der Waals surface area contributed by atoms with Crippen molar-refractivity contribution in [3.05, 3.63) is 47.0 Å². The van der Waals surface area contributed by atoms with Gasteiger partial charge in [-0.1, -0.05) is 13.8 Å². The van der Waals surface area contributed by atoms with Crippen molar-refractivity contribution in [3.8, 4) is 0 Å². The molecule has 0 saturated carbocycles. The topological polar surface area (TPSA) is 42.7 Å². The Morgan fingerprint density at radius 1 is 1.29 bits per heavy atom. The van der Waals surface area contributed by atoms with E-state index in [1.165, 1.54) is 11.3 Å². The van der Waals surface area contributed by atoms with Crippen molar-refractivity contribution in [2.75, 3.05) is 6.54 Å². The number of aromatic nitrogens is 3. The van der Waals surface area contributed by atoms with E-state index < -0.39 is 0 Å². The zero-order valence-corrected chi connectivity index (χ0v) is 13.6. The summed E-state index contributed by atoms with van der Waals surface area (Å²) in [6, 6.07) is 6.66. The molecular weight excluding hydrogens is 260 g/mol. The average Bonchev–Trinajstić information content (AvgIpc) is 2.83. The van der Waals surface area contributed by atoms with Gasteiger partial charge in [-0.15, -0.1) is 0 Å². The van der Waals surface area contributed by atoms with Crippen LogP contribution in [-0.4, -0.2) is 21.3 Å². The quantitative estimate of drug-likeness (QED) is 0.851. The first-order chi connectivity index (χ1) is 10.1. The molecule has 0 amide bonds. The fourth-order valence-corrected chi connectivity index (χ4v) is 2.49. The maximum Gasteiger partial charge on any atom is 0.0624 e. The van der Waals surface area contributed by atoms with E-state index in [9.17, 15) is 0 Å². The summed E-state index contributed by atoms with van der Waals surface area (Å²) in [5, 5.41) is 8.15. The summed E-state index contributed by atoms with van der Waals surface area (Å²) in [5.74, 6) is 0. The number of nitrogens with one attached hydrogen (secondary N) is 1. The van der Waals surface area contributed by atoms with Gasteiger partial charge in [0, 0.05) is 25.4 Å². The second-order valence-corrected chi connectivity index (χ2v) is 5.57. The van der Waals surface area contributed by atoms with E-state index in [1.807, 2.05) is 24.0 Å². The first-order valence-electron chi connectivity index (χ1n) is 7.81. The Morgan fingerprint density at radius 2 is 2.10 bits per heavy atom. The largest absolute Gasteiger partial charge is 0.308 e. The molecule has 0 aromatic carbocycles. The van der Waals surface area contributed by atoms with Crippen molar-refractivity contribution in [1.29, 1.82) is 0 Å². The Morgan fingerprint density at radius 3 is 2.71 bits per heavy atom. The van der Waals surface area contributed by atoms with Crippen LogP contribution in [0, 0.1) is 6.92 Å². The van der Waals surface area contributed by atoms with Crippen LogP contribution in [0.1, 0.15) is 49.0 Å². The molecule has 2 heterocycles. The van der Waals surface area contributed by atoms with Gasteiger partial charge in [-0.3, -0.25) is 9.67 Å². The van der Waals surface area contributed by atoms with E-state index in [0.717, 1.165) is 37.2 Å². The van der Waals surface area contributed by atoms with E-state index in [4.69, 9.17) is 0 Å². The zero-order valence-electron chi connectivity index (χ0n) is 13.6. The molecule has 1 unspecified atom stereocenters. The normalized spacial score (nSPS) is 12.6. The molecule has 0 aliphatic rings. The maximum absolute atomic E-state index is 4.55. The van der Waals surface area contributed by atoms with Crippen LogP contribution in [0.3, 0.4) is 0 Å². The number of rotatable bonds is 7. The highest BCUT2D eigenvalue weighted by Gasteiger charge is 2.16. The van der Waals surface area contributed by atoms with Crippen LogP contribution < -0.4 is 5.32 Å². The van der Waals surface area contributed by atoms with E-state index in [2.05, 4.69) is 48.3 Å². The minimum absolute atomic E-state index is 0.241. The molecule has 1 atom stereocenters. The van der Waals surface area contributed by atoms with Crippen LogP contribution >= 0.6 is 0 Å². The van der Waals surface area contributed by atoms with Crippen molar-refractivity contribution >= 4 is 0 Å². The molecule has 2 aromatic rings. The monoisotopic (exact) mass is 286 g/mol. The molecular formula is C17H26N4. The van der Waals surface area contributed by atoms with E-state index >= 15 is 0 Å². The van der Waals surface area contributed by atoms with E-state index in [1.54, 1.807) is 0 Å². The zero-order chi connectivity index (χ0) is 15.2. The highest BCUT2D eigenvalue weighted by atomic mass is 15.3. The lowest BCUT2D eigenvalue weighted by Crippen LogP contribution is -2.25. The van der Waals surface area contributed by atoms with Crippen molar-refractivity contribution in [3.63, 3.8) is 0 Å². The minimum Gasteiger partial charge on any atom is -0.308 e. The maximum atomic E-state index is 4.55. The first kappa shape index (κ1) is 15.7. The third kappa shape index (κ3) is 4.14. The van der Waals surface area contributed by atoms with Crippen molar-refractivity contribution in [2.24, 2.45) is 7.05 Å². The number of pyridine rings is 1. The fraction of sp³-hybridized carbons (Fsp3) is 0.529. The number of aryl methyl sites for hydroxylation is 3. The lowest BCUT2D eigenvalue weighted by atomic mass is 10.0. The number of nitrogens with zero attached hydrogens (tertiary/aromatic N) is 3. The van der Waals surface area contributed by atoms with Gasteiger partial charge in [-0.25, -0.2) is 0 Å². The van der Waals surface area contributed by atoms with Gasteiger partial charge in [0.15, 0.2) is 0 Å². The van der Waals surface area contributed by atoms with Gasteiger partial charge < -0.3 is 5.32 Å².